The molecule has 0 saturated heterocycles. The van der Waals surface area contributed by atoms with E-state index in [0.717, 1.165) is 35.6 Å². The quantitative estimate of drug-likeness (QED) is 0.336. The van der Waals surface area contributed by atoms with Crippen LogP contribution in [0.5, 0.6) is 0 Å². The second-order valence-electron chi connectivity index (χ2n) is 7.60. The van der Waals surface area contributed by atoms with Gasteiger partial charge in [0.05, 0.1) is 11.1 Å². The average Bonchev–Trinajstić information content (AvgIpc) is 2.74. The first-order valence-corrected chi connectivity index (χ1v) is 10.0. The molecule has 0 bridgehead atoms. The van der Waals surface area contributed by atoms with Crippen LogP contribution >= 0.6 is 0 Å². The van der Waals surface area contributed by atoms with Crippen LogP contribution in [0.4, 0.5) is 17.6 Å². The highest BCUT2D eigenvalue weighted by Gasteiger charge is 2.24. The molecule has 152 valence electrons. The van der Waals surface area contributed by atoms with Crippen LogP contribution in [0, 0.1) is 35.1 Å². The molecule has 0 spiro atoms. The molecule has 0 aromatic heterocycles. The van der Waals surface area contributed by atoms with Crippen LogP contribution in [0.3, 0.4) is 0 Å². The maximum Gasteiger partial charge on any atom is 0.174 e. The van der Waals surface area contributed by atoms with E-state index in [0.29, 0.717) is 18.4 Å². The summed E-state index contributed by atoms with van der Waals surface area (Å²) in [6.45, 7) is 1.98. The van der Waals surface area contributed by atoms with Crippen LogP contribution in [0.1, 0.15) is 52.6 Å². The van der Waals surface area contributed by atoms with Crippen LogP contribution < -0.4 is 0 Å². The van der Waals surface area contributed by atoms with Crippen molar-refractivity contribution in [3.63, 3.8) is 0 Å². The molecular weight excluding hydrogens is 388 g/mol. The van der Waals surface area contributed by atoms with Crippen LogP contribution in [0.2, 0.25) is 0 Å². The van der Waals surface area contributed by atoms with E-state index < -0.39 is 17.5 Å². The van der Waals surface area contributed by atoms with Gasteiger partial charge in [0.15, 0.2) is 11.6 Å². The van der Waals surface area contributed by atoms with Gasteiger partial charge in [0.25, 0.3) is 0 Å². The summed E-state index contributed by atoms with van der Waals surface area (Å²) in [5.41, 5.74) is 3.46. The van der Waals surface area contributed by atoms with Crippen molar-refractivity contribution in [1.82, 2.24) is 0 Å². The molecule has 1 atom stereocenters. The summed E-state index contributed by atoms with van der Waals surface area (Å²) in [5, 5.41) is 0. The molecule has 0 radical (unpaired) electrons. The third-order valence-electron chi connectivity index (χ3n) is 5.71. The zero-order chi connectivity index (χ0) is 21.3. The molecule has 0 fully saturated rings. The Hall–Kier alpha value is -3.06. The number of rotatable bonds is 2. The lowest BCUT2D eigenvalue weighted by Gasteiger charge is -2.26. The summed E-state index contributed by atoms with van der Waals surface area (Å²) in [5.74, 6) is 2.39. The lowest BCUT2D eigenvalue weighted by Crippen LogP contribution is -2.15. The molecule has 0 aliphatic heterocycles. The summed E-state index contributed by atoms with van der Waals surface area (Å²) in [6.07, 6.45) is 2.77. The minimum absolute atomic E-state index is 0.00105. The number of aryl methyl sites for hydroxylation is 2. The first-order chi connectivity index (χ1) is 14.5. The normalized spacial score (nSPS) is 15.3. The van der Waals surface area contributed by atoms with E-state index in [2.05, 4.69) is 11.8 Å². The molecule has 0 N–H and O–H groups in total. The average molecular weight is 408 g/mol. The van der Waals surface area contributed by atoms with Gasteiger partial charge in [-0.05, 0) is 84.2 Å². The van der Waals surface area contributed by atoms with Crippen molar-refractivity contribution in [1.29, 1.82) is 0 Å². The van der Waals surface area contributed by atoms with E-state index >= 15 is 0 Å². The van der Waals surface area contributed by atoms with E-state index in [9.17, 15) is 17.6 Å². The fraction of sp³-hybridized carbons (Fsp3) is 0.231. The molecule has 0 nitrogen and oxygen atoms in total. The molecule has 0 amide bonds. The second-order valence-corrected chi connectivity index (χ2v) is 7.60. The lowest BCUT2D eigenvalue weighted by molar-refractivity contribution is 0.506. The van der Waals surface area contributed by atoms with E-state index in [4.69, 9.17) is 0 Å². The van der Waals surface area contributed by atoms with Crippen molar-refractivity contribution in [2.45, 2.75) is 38.5 Å². The molecule has 3 aromatic carbocycles. The predicted molar refractivity (Wildman–Crippen MR) is 109 cm³/mol. The van der Waals surface area contributed by atoms with Gasteiger partial charge in [-0.2, -0.15) is 0 Å². The first kappa shape index (κ1) is 20.2. The molecule has 4 rings (SSSR count). The van der Waals surface area contributed by atoms with Gasteiger partial charge in [0, 0.05) is 0 Å². The van der Waals surface area contributed by atoms with E-state index in [1.54, 1.807) is 12.1 Å². The highest BCUT2D eigenvalue weighted by molar-refractivity contribution is 5.48. The Kier molecular flexibility index (Phi) is 5.63. The Labute approximate surface area is 173 Å². The molecule has 0 heterocycles. The Balaban J connectivity index is 1.60. The zero-order valence-electron chi connectivity index (χ0n) is 16.5. The topological polar surface area (TPSA) is 0 Å². The highest BCUT2D eigenvalue weighted by atomic mass is 19.2. The largest absolute Gasteiger partial charge is 0.207 e. The maximum atomic E-state index is 14.6. The third-order valence-corrected chi connectivity index (χ3v) is 5.71. The molecule has 1 aliphatic carbocycles. The van der Waals surface area contributed by atoms with Crippen molar-refractivity contribution in [3.8, 4) is 11.8 Å². The van der Waals surface area contributed by atoms with E-state index in [-0.39, 0.29) is 22.9 Å². The van der Waals surface area contributed by atoms with Gasteiger partial charge in [0.2, 0.25) is 0 Å². The minimum Gasteiger partial charge on any atom is -0.207 e. The highest BCUT2D eigenvalue weighted by Crippen LogP contribution is 2.35. The van der Waals surface area contributed by atoms with Crippen molar-refractivity contribution in [3.05, 3.63) is 105 Å². The standard InChI is InChI=1S/C26H20F4/c1-2-16-6-11-22(25(29)12-16)19-9-8-18-13-20(24(28)15-21(18)14-19)10-7-17-4-3-5-23(27)26(17)30/h3-6,11-13,15,19H,2,8-9,14H2,1H3. The zero-order valence-corrected chi connectivity index (χ0v) is 16.5. The van der Waals surface area contributed by atoms with Gasteiger partial charge < -0.3 is 0 Å². The van der Waals surface area contributed by atoms with Crippen molar-refractivity contribution in [2.24, 2.45) is 0 Å². The van der Waals surface area contributed by atoms with Crippen molar-refractivity contribution >= 4 is 0 Å². The van der Waals surface area contributed by atoms with Gasteiger partial charge in [-0.3, -0.25) is 0 Å². The van der Waals surface area contributed by atoms with E-state index in [1.165, 1.54) is 18.2 Å². The van der Waals surface area contributed by atoms with Crippen LogP contribution in [0.25, 0.3) is 0 Å². The van der Waals surface area contributed by atoms with Gasteiger partial charge in [-0.15, -0.1) is 0 Å². The summed E-state index contributed by atoms with van der Waals surface area (Å²) in [4.78, 5) is 0. The van der Waals surface area contributed by atoms with Gasteiger partial charge in [0.1, 0.15) is 11.6 Å². The molecule has 4 heteroatoms. The third kappa shape index (κ3) is 3.98. The van der Waals surface area contributed by atoms with Gasteiger partial charge >= 0.3 is 0 Å². The first-order valence-electron chi connectivity index (χ1n) is 10.0. The second kappa shape index (κ2) is 8.36. The molecule has 3 aromatic rings. The fourth-order valence-corrected chi connectivity index (χ4v) is 4.00. The smallest absolute Gasteiger partial charge is 0.174 e. The Morgan fingerprint density at radius 2 is 1.63 bits per heavy atom. The minimum atomic E-state index is -1.04. The lowest BCUT2D eigenvalue weighted by atomic mass is 9.79. The maximum absolute atomic E-state index is 14.6. The Morgan fingerprint density at radius 3 is 2.40 bits per heavy atom. The summed E-state index contributed by atoms with van der Waals surface area (Å²) >= 11 is 0. The SMILES string of the molecule is CCc1ccc(C2CCc3cc(C#Cc4cccc(F)c4F)c(F)cc3C2)c(F)c1. The van der Waals surface area contributed by atoms with E-state index in [1.807, 2.05) is 19.1 Å². The molecular formula is C26H20F4. The van der Waals surface area contributed by atoms with Crippen molar-refractivity contribution in [2.75, 3.05) is 0 Å². The number of hydrogen-bond acceptors (Lipinski definition) is 0. The van der Waals surface area contributed by atoms with Crippen LogP contribution in [-0.4, -0.2) is 0 Å². The molecule has 1 aliphatic rings. The summed E-state index contributed by atoms with van der Waals surface area (Å²) in [7, 11) is 0. The fourth-order valence-electron chi connectivity index (χ4n) is 4.00. The summed E-state index contributed by atoms with van der Waals surface area (Å²) < 4.78 is 56.2. The summed E-state index contributed by atoms with van der Waals surface area (Å²) in [6, 6.07) is 12.2. The Morgan fingerprint density at radius 1 is 0.833 bits per heavy atom. The Bertz CT molecular complexity index is 1170. The van der Waals surface area contributed by atoms with Crippen LogP contribution in [0.15, 0.2) is 48.5 Å². The number of fused-ring (bicyclic) bond motifs is 1. The molecule has 1 unspecified atom stereocenters. The monoisotopic (exact) mass is 408 g/mol. The predicted octanol–water partition coefficient (Wildman–Crippen LogP) is 6.48. The molecule has 30 heavy (non-hydrogen) atoms. The van der Waals surface area contributed by atoms with Gasteiger partial charge in [-0.1, -0.05) is 37.0 Å². The van der Waals surface area contributed by atoms with Crippen molar-refractivity contribution < 1.29 is 17.6 Å². The number of halogens is 4. The number of hydrogen-bond donors (Lipinski definition) is 0. The van der Waals surface area contributed by atoms with Crippen LogP contribution in [-0.2, 0) is 19.3 Å². The van der Waals surface area contributed by atoms with Gasteiger partial charge in [-0.25, -0.2) is 17.6 Å². The molecule has 0 saturated carbocycles. The number of benzene rings is 3.